The van der Waals surface area contributed by atoms with Crippen LogP contribution in [0.5, 0.6) is 5.75 Å². The van der Waals surface area contributed by atoms with Gasteiger partial charge >= 0.3 is 5.97 Å². The first-order valence-corrected chi connectivity index (χ1v) is 7.46. The van der Waals surface area contributed by atoms with Crippen LogP contribution in [0.15, 0.2) is 39.9 Å². The quantitative estimate of drug-likeness (QED) is 0.584. The number of carbonyl (C=O) groups excluding carboxylic acids is 1. The minimum atomic E-state index is -1.24. The summed E-state index contributed by atoms with van der Waals surface area (Å²) in [4.78, 5) is 22.6. The number of anilines is 1. The first kappa shape index (κ1) is 14.4. The van der Waals surface area contributed by atoms with Gasteiger partial charge in [-0.25, -0.2) is 4.79 Å². The molecule has 1 aromatic carbocycles. The van der Waals surface area contributed by atoms with E-state index in [9.17, 15) is 14.7 Å². The molecule has 0 saturated heterocycles. The second kappa shape index (κ2) is 6.44. The first-order valence-electron chi connectivity index (χ1n) is 5.59. The summed E-state index contributed by atoms with van der Waals surface area (Å²) in [7, 11) is 0. The Bertz CT molecular complexity index is 625. The molecule has 0 saturated carbocycles. The van der Waals surface area contributed by atoms with Crippen LogP contribution in [0.2, 0.25) is 0 Å². The maximum absolute atomic E-state index is 11.8. The Hall–Kier alpha value is -1.99. The SMILES string of the molecule is O=C(CSc1cccs1)Nc1cccc(C(=O)O)c1O. The van der Waals surface area contributed by atoms with Gasteiger partial charge < -0.3 is 15.5 Å². The molecule has 0 aliphatic rings. The molecule has 0 atom stereocenters. The van der Waals surface area contributed by atoms with Crippen molar-refractivity contribution in [1.29, 1.82) is 0 Å². The highest BCUT2D eigenvalue weighted by molar-refractivity contribution is 8.01. The highest BCUT2D eigenvalue weighted by Crippen LogP contribution is 2.28. The highest BCUT2D eigenvalue weighted by Gasteiger charge is 2.14. The number of benzene rings is 1. The molecule has 0 spiro atoms. The van der Waals surface area contributed by atoms with Crippen LogP contribution in [0.25, 0.3) is 0 Å². The smallest absolute Gasteiger partial charge is 0.339 e. The van der Waals surface area contributed by atoms with Crippen molar-refractivity contribution in [2.24, 2.45) is 0 Å². The molecular weight excluding hydrogens is 298 g/mol. The van der Waals surface area contributed by atoms with Crippen LogP contribution in [0.4, 0.5) is 5.69 Å². The van der Waals surface area contributed by atoms with E-state index in [-0.39, 0.29) is 22.9 Å². The molecule has 0 radical (unpaired) electrons. The van der Waals surface area contributed by atoms with Crippen molar-refractivity contribution in [3.63, 3.8) is 0 Å². The van der Waals surface area contributed by atoms with Crippen molar-refractivity contribution < 1.29 is 19.8 Å². The molecule has 20 heavy (non-hydrogen) atoms. The monoisotopic (exact) mass is 309 g/mol. The molecule has 0 aliphatic carbocycles. The van der Waals surface area contributed by atoms with E-state index in [1.165, 1.54) is 41.3 Å². The minimum Gasteiger partial charge on any atom is -0.505 e. The van der Waals surface area contributed by atoms with E-state index in [1.807, 2.05) is 17.5 Å². The Kier molecular flexibility index (Phi) is 4.65. The third kappa shape index (κ3) is 3.52. The number of carboxylic acids is 1. The second-order valence-electron chi connectivity index (χ2n) is 3.78. The van der Waals surface area contributed by atoms with Crippen LogP contribution >= 0.6 is 23.1 Å². The average molecular weight is 309 g/mol. The topological polar surface area (TPSA) is 86.6 Å². The van der Waals surface area contributed by atoms with Gasteiger partial charge in [-0.15, -0.1) is 23.1 Å². The van der Waals surface area contributed by atoms with Crippen LogP contribution < -0.4 is 5.32 Å². The summed E-state index contributed by atoms with van der Waals surface area (Å²) in [6.45, 7) is 0. The Morgan fingerprint density at radius 1 is 1.25 bits per heavy atom. The highest BCUT2D eigenvalue weighted by atomic mass is 32.2. The van der Waals surface area contributed by atoms with Gasteiger partial charge in [0.05, 0.1) is 15.6 Å². The number of aromatic hydroxyl groups is 1. The average Bonchev–Trinajstić information content (AvgIpc) is 2.91. The van der Waals surface area contributed by atoms with E-state index in [2.05, 4.69) is 5.32 Å². The summed E-state index contributed by atoms with van der Waals surface area (Å²) >= 11 is 2.92. The lowest BCUT2D eigenvalue weighted by Gasteiger charge is -2.08. The van der Waals surface area contributed by atoms with E-state index >= 15 is 0 Å². The maximum atomic E-state index is 11.8. The van der Waals surface area contributed by atoms with Gasteiger partial charge in [-0.05, 0) is 23.6 Å². The van der Waals surface area contributed by atoms with Crippen LogP contribution in [-0.2, 0) is 4.79 Å². The van der Waals surface area contributed by atoms with Crippen molar-refractivity contribution in [2.45, 2.75) is 4.21 Å². The standard InChI is InChI=1S/C13H11NO4S2/c15-10(7-20-11-5-2-6-19-11)14-9-4-1-3-8(12(9)16)13(17)18/h1-6,16H,7H2,(H,14,15)(H,17,18). The summed E-state index contributed by atoms with van der Waals surface area (Å²) in [6.07, 6.45) is 0. The fourth-order valence-corrected chi connectivity index (χ4v) is 3.07. The number of thioether (sulfide) groups is 1. The van der Waals surface area contributed by atoms with E-state index in [0.717, 1.165) is 4.21 Å². The normalized spacial score (nSPS) is 10.2. The van der Waals surface area contributed by atoms with Crippen LogP contribution in [0.3, 0.4) is 0 Å². The van der Waals surface area contributed by atoms with Gasteiger partial charge in [0.2, 0.25) is 5.91 Å². The molecule has 3 N–H and O–H groups in total. The molecule has 2 rings (SSSR count). The zero-order valence-corrected chi connectivity index (χ0v) is 11.8. The Morgan fingerprint density at radius 3 is 2.70 bits per heavy atom. The zero-order chi connectivity index (χ0) is 14.5. The van der Waals surface area contributed by atoms with E-state index in [4.69, 9.17) is 5.11 Å². The minimum absolute atomic E-state index is 0.0988. The number of amides is 1. The van der Waals surface area contributed by atoms with Crippen molar-refractivity contribution in [3.05, 3.63) is 41.3 Å². The maximum Gasteiger partial charge on any atom is 0.339 e. The van der Waals surface area contributed by atoms with Crippen molar-refractivity contribution in [2.75, 3.05) is 11.1 Å². The summed E-state index contributed by atoms with van der Waals surface area (Å²) in [5.74, 6) is -1.79. The number of hydrogen-bond donors (Lipinski definition) is 3. The number of thiophene rings is 1. The summed E-state index contributed by atoms with van der Waals surface area (Å²) in [5, 5.41) is 23.1. The number of hydrogen-bond acceptors (Lipinski definition) is 5. The summed E-state index contributed by atoms with van der Waals surface area (Å²) in [5.41, 5.74) is -0.143. The number of para-hydroxylation sites is 1. The summed E-state index contributed by atoms with van der Waals surface area (Å²) < 4.78 is 1.02. The lowest BCUT2D eigenvalue weighted by Crippen LogP contribution is -2.14. The number of nitrogens with one attached hydrogen (secondary N) is 1. The summed E-state index contributed by atoms with van der Waals surface area (Å²) in [6, 6.07) is 7.99. The van der Waals surface area contributed by atoms with Gasteiger partial charge in [0.1, 0.15) is 5.56 Å². The first-order chi connectivity index (χ1) is 9.58. The third-order valence-corrected chi connectivity index (χ3v) is 4.51. The molecule has 0 bridgehead atoms. The number of carbonyl (C=O) groups is 2. The number of phenols is 1. The molecule has 7 heteroatoms. The zero-order valence-electron chi connectivity index (χ0n) is 10.2. The number of rotatable bonds is 5. The fraction of sp³-hybridized carbons (Fsp3) is 0.0769. The lowest BCUT2D eigenvalue weighted by molar-refractivity contribution is -0.113. The van der Waals surface area contributed by atoms with Gasteiger partial charge in [-0.2, -0.15) is 0 Å². The van der Waals surface area contributed by atoms with Gasteiger partial charge in [0, 0.05) is 0 Å². The molecule has 104 valence electrons. The predicted octanol–water partition coefficient (Wildman–Crippen LogP) is 2.88. The van der Waals surface area contributed by atoms with Crippen LogP contribution in [0.1, 0.15) is 10.4 Å². The van der Waals surface area contributed by atoms with Gasteiger partial charge in [-0.3, -0.25) is 4.79 Å². The van der Waals surface area contributed by atoms with E-state index in [0.29, 0.717) is 0 Å². The molecule has 1 aromatic heterocycles. The molecule has 0 unspecified atom stereocenters. The molecule has 1 heterocycles. The number of carboxylic acid groups (broad SMARTS) is 1. The van der Waals surface area contributed by atoms with E-state index < -0.39 is 11.7 Å². The van der Waals surface area contributed by atoms with Crippen LogP contribution in [-0.4, -0.2) is 27.8 Å². The Morgan fingerprint density at radius 2 is 2.05 bits per heavy atom. The molecule has 0 fully saturated rings. The van der Waals surface area contributed by atoms with Gasteiger partial charge in [0.25, 0.3) is 0 Å². The van der Waals surface area contributed by atoms with Gasteiger partial charge in [0.15, 0.2) is 5.75 Å². The molecule has 1 amide bonds. The largest absolute Gasteiger partial charge is 0.505 e. The molecule has 0 aliphatic heterocycles. The second-order valence-corrected chi connectivity index (χ2v) is 6.00. The van der Waals surface area contributed by atoms with Gasteiger partial charge in [-0.1, -0.05) is 12.1 Å². The number of aromatic carboxylic acids is 1. The van der Waals surface area contributed by atoms with Crippen molar-refractivity contribution in [1.82, 2.24) is 0 Å². The molecular formula is C13H11NO4S2. The van der Waals surface area contributed by atoms with Crippen molar-refractivity contribution in [3.8, 4) is 5.75 Å². The van der Waals surface area contributed by atoms with Crippen molar-refractivity contribution >= 4 is 40.7 Å². The van der Waals surface area contributed by atoms with Crippen LogP contribution in [0, 0.1) is 0 Å². The van der Waals surface area contributed by atoms with E-state index in [1.54, 1.807) is 0 Å². The Labute approximate surface area is 123 Å². The molecule has 5 nitrogen and oxygen atoms in total. The fourth-order valence-electron chi connectivity index (χ4n) is 1.49. The predicted molar refractivity (Wildman–Crippen MR) is 78.7 cm³/mol. The lowest BCUT2D eigenvalue weighted by atomic mass is 10.1. The molecule has 2 aromatic rings. The third-order valence-electron chi connectivity index (χ3n) is 2.38. The Balaban J connectivity index is 2.01.